The van der Waals surface area contributed by atoms with Gasteiger partial charge in [-0.1, -0.05) is 29.8 Å². The van der Waals surface area contributed by atoms with E-state index in [1.807, 2.05) is 41.1 Å². The Morgan fingerprint density at radius 1 is 1.19 bits per heavy atom. The molecule has 21 heavy (non-hydrogen) atoms. The third-order valence-corrected chi connectivity index (χ3v) is 4.81. The van der Waals surface area contributed by atoms with Crippen LogP contribution in [0.4, 0.5) is 0 Å². The molecule has 0 radical (unpaired) electrons. The van der Waals surface area contributed by atoms with Crippen LogP contribution in [0.25, 0.3) is 11.3 Å². The summed E-state index contributed by atoms with van der Waals surface area (Å²) in [4.78, 5) is 17.1. The lowest BCUT2D eigenvalue weighted by Gasteiger charge is -2.00. The molecule has 2 heterocycles. The monoisotopic (exact) mass is 334 g/mol. The SMILES string of the molecule is O=C(NCc1nc(-c2ccc(Cl)cc2)cs1)c1cccs1. The van der Waals surface area contributed by atoms with Crippen LogP contribution >= 0.6 is 34.3 Å². The van der Waals surface area contributed by atoms with E-state index in [4.69, 9.17) is 11.6 Å². The molecule has 0 spiro atoms. The van der Waals surface area contributed by atoms with Gasteiger partial charge in [-0.05, 0) is 23.6 Å². The van der Waals surface area contributed by atoms with E-state index in [0.717, 1.165) is 16.3 Å². The number of halogens is 1. The van der Waals surface area contributed by atoms with Crippen LogP contribution in [0.5, 0.6) is 0 Å². The summed E-state index contributed by atoms with van der Waals surface area (Å²) >= 11 is 8.83. The number of rotatable bonds is 4. The van der Waals surface area contributed by atoms with E-state index in [2.05, 4.69) is 10.3 Å². The molecule has 1 aromatic carbocycles. The second kappa shape index (κ2) is 6.39. The first kappa shape index (κ1) is 14.3. The average molecular weight is 335 g/mol. The van der Waals surface area contributed by atoms with Crippen LogP contribution in [0.3, 0.4) is 0 Å². The fourth-order valence-electron chi connectivity index (χ4n) is 1.80. The summed E-state index contributed by atoms with van der Waals surface area (Å²) < 4.78 is 0. The Morgan fingerprint density at radius 2 is 2.00 bits per heavy atom. The Hall–Kier alpha value is -1.69. The normalized spacial score (nSPS) is 10.5. The molecule has 3 aromatic rings. The Balaban J connectivity index is 1.65. The first-order valence-electron chi connectivity index (χ1n) is 6.24. The molecule has 0 aliphatic rings. The van der Waals surface area contributed by atoms with Gasteiger partial charge in [0.05, 0.1) is 17.1 Å². The van der Waals surface area contributed by atoms with Crippen molar-refractivity contribution in [1.82, 2.24) is 10.3 Å². The fourth-order valence-corrected chi connectivity index (χ4v) is 3.31. The van der Waals surface area contributed by atoms with Crippen LogP contribution in [0.15, 0.2) is 47.2 Å². The van der Waals surface area contributed by atoms with Crippen molar-refractivity contribution in [2.75, 3.05) is 0 Å². The third kappa shape index (κ3) is 3.50. The number of carbonyl (C=O) groups excluding carboxylic acids is 1. The number of amides is 1. The summed E-state index contributed by atoms with van der Waals surface area (Å²) in [5.41, 5.74) is 1.92. The highest BCUT2D eigenvalue weighted by Gasteiger charge is 2.08. The largest absolute Gasteiger partial charge is 0.345 e. The molecule has 1 N–H and O–H groups in total. The van der Waals surface area contributed by atoms with E-state index in [9.17, 15) is 4.79 Å². The van der Waals surface area contributed by atoms with Crippen molar-refractivity contribution in [2.45, 2.75) is 6.54 Å². The second-order valence-corrected chi connectivity index (χ2v) is 6.62. The highest BCUT2D eigenvalue weighted by molar-refractivity contribution is 7.12. The van der Waals surface area contributed by atoms with Crippen LogP contribution in [0, 0.1) is 0 Å². The first-order valence-corrected chi connectivity index (χ1v) is 8.38. The standard InChI is InChI=1S/C15H11ClN2OS2/c16-11-5-3-10(4-6-11)12-9-21-14(18-12)8-17-15(19)13-2-1-7-20-13/h1-7,9H,8H2,(H,17,19). The van der Waals surface area contributed by atoms with Gasteiger partial charge < -0.3 is 5.32 Å². The second-order valence-electron chi connectivity index (χ2n) is 4.29. The molecule has 0 fully saturated rings. The lowest BCUT2D eigenvalue weighted by Crippen LogP contribution is -2.21. The minimum atomic E-state index is -0.0618. The molecule has 0 unspecified atom stereocenters. The summed E-state index contributed by atoms with van der Waals surface area (Å²) in [7, 11) is 0. The lowest BCUT2D eigenvalue weighted by atomic mass is 10.2. The van der Waals surface area contributed by atoms with Crippen molar-refractivity contribution in [3.05, 3.63) is 62.1 Å². The third-order valence-electron chi connectivity index (χ3n) is 2.84. The molecule has 0 saturated carbocycles. The molecule has 0 aliphatic carbocycles. The van der Waals surface area contributed by atoms with Crippen molar-refractivity contribution in [1.29, 1.82) is 0 Å². The molecule has 0 bridgehead atoms. The minimum absolute atomic E-state index is 0.0618. The van der Waals surface area contributed by atoms with Crippen molar-refractivity contribution >= 4 is 40.2 Å². The number of thiophene rings is 1. The molecule has 106 valence electrons. The number of aromatic nitrogens is 1. The average Bonchev–Trinajstić information content (AvgIpc) is 3.17. The highest BCUT2D eigenvalue weighted by atomic mass is 35.5. The zero-order chi connectivity index (χ0) is 14.7. The summed E-state index contributed by atoms with van der Waals surface area (Å²) in [5.74, 6) is -0.0618. The Kier molecular flexibility index (Phi) is 4.34. The molecule has 3 rings (SSSR count). The van der Waals surface area contributed by atoms with Crippen LogP contribution in [-0.4, -0.2) is 10.9 Å². The van der Waals surface area contributed by atoms with Gasteiger partial charge in [-0.25, -0.2) is 4.98 Å². The van der Waals surface area contributed by atoms with Crippen molar-refractivity contribution in [3.63, 3.8) is 0 Å². The molecule has 0 saturated heterocycles. The van der Waals surface area contributed by atoms with Gasteiger partial charge in [0.1, 0.15) is 5.01 Å². The van der Waals surface area contributed by atoms with E-state index in [-0.39, 0.29) is 5.91 Å². The van der Waals surface area contributed by atoms with Gasteiger partial charge in [0, 0.05) is 16.0 Å². The number of carbonyl (C=O) groups is 1. The zero-order valence-corrected chi connectivity index (χ0v) is 13.3. The van der Waals surface area contributed by atoms with Gasteiger partial charge in [-0.3, -0.25) is 4.79 Å². The Labute approximate surface area is 135 Å². The molecule has 1 amide bonds. The van der Waals surface area contributed by atoms with Gasteiger partial charge in [-0.2, -0.15) is 0 Å². The van der Waals surface area contributed by atoms with Gasteiger partial charge in [0.15, 0.2) is 0 Å². The smallest absolute Gasteiger partial charge is 0.261 e. The highest BCUT2D eigenvalue weighted by Crippen LogP contribution is 2.23. The maximum atomic E-state index is 11.9. The maximum absolute atomic E-state index is 11.9. The topological polar surface area (TPSA) is 42.0 Å². The Bertz CT molecular complexity index is 735. The molecule has 6 heteroatoms. The van der Waals surface area contributed by atoms with Gasteiger partial charge in [0.25, 0.3) is 5.91 Å². The molecule has 3 nitrogen and oxygen atoms in total. The number of nitrogens with zero attached hydrogens (tertiary/aromatic N) is 1. The van der Waals surface area contributed by atoms with Crippen LogP contribution < -0.4 is 5.32 Å². The van der Waals surface area contributed by atoms with E-state index in [1.54, 1.807) is 6.07 Å². The number of hydrogen-bond donors (Lipinski definition) is 1. The number of hydrogen-bond acceptors (Lipinski definition) is 4. The van der Waals surface area contributed by atoms with Gasteiger partial charge in [0.2, 0.25) is 0 Å². The van der Waals surface area contributed by atoms with Gasteiger partial charge >= 0.3 is 0 Å². The summed E-state index contributed by atoms with van der Waals surface area (Å²) in [6.07, 6.45) is 0. The predicted molar refractivity (Wildman–Crippen MR) is 88.0 cm³/mol. The molecule has 0 aliphatic heterocycles. The number of benzene rings is 1. The lowest BCUT2D eigenvalue weighted by molar-refractivity contribution is 0.0955. The van der Waals surface area contributed by atoms with Crippen molar-refractivity contribution < 1.29 is 4.79 Å². The van der Waals surface area contributed by atoms with Crippen molar-refractivity contribution in [2.24, 2.45) is 0 Å². The maximum Gasteiger partial charge on any atom is 0.261 e. The minimum Gasteiger partial charge on any atom is -0.345 e. The Morgan fingerprint density at radius 3 is 2.71 bits per heavy atom. The molecule has 0 atom stereocenters. The van der Waals surface area contributed by atoms with Crippen LogP contribution in [0.2, 0.25) is 5.02 Å². The van der Waals surface area contributed by atoms with Crippen molar-refractivity contribution in [3.8, 4) is 11.3 Å². The van der Waals surface area contributed by atoms with Crippen LogP contribution in [0.1, 0.15) is 14.7 Å². The zero-order valence-electron chi connectivity index (χ0n) is 10.9. The van der Waals surface area contributed by atoms with E-state index in [0.29, 0.717) is 16.4 Å². The fraction of sp³-hybridized carbons (Fsp3) is 0.0667. The summed E-state index contributed by atoms with van der Waals surface area (Å²) in [6, 6.07) is 11.2. The van der Waals surface area contributed by atoms with E-state index < -0.39 is 0 Å². The number of nitrogens with one attached hydrogen (secondary N) is 1. The molecular formula is C15H11ClN2OS2. The quantitative estimate of drug-likeness (QED) is 0.765. The molecule has 2 aromatic heterocycles. The van der Waals surface area contributed by atoms with E-state index in [1.165, 1.54) is 22.7 Å². The number of thiazole rings is 1. The molecular weight excluding hydrogens is 324 g/mol. The summed E-state index contributed by atoms with van der Waals surface area (Å²) in [5, 5.41) is 8.33. The van der Waals surface area contributed by atoms with Crippen LogP contribution in [-0.2, 0) is 6.54 Å². The predicted octanol–water partition coefficient (Wildman–Crippen LogP) is 4.46. The van der Waals surface area contributed by atoms with E-state index >= 15 is 0 Å². The summed E-state index contributed by atoms with van der Waals surface area (Å²) in [6.45, 7) is 0.439. The first-order chi connectivity index (χ1) is 10.2. The van der Waals surface area contributed by atoms with Gasteiger partial charge in [-0.15, -0.1) is 22.7 Å².